The van der Waals surface area contributed by atoms with E-state index in [1.165, 1.54) is 6.07 Å². The zero-order chi connectivity index (χ0) is 7.72. The molecule has 0 saturated carbocycles. The van der Waals surface area contributed by atoms with Crippen molar-refractivity contribution in [1.82, 2.24) is 0 Å². The summed E-state index contributed by atoms with van der Waals surface area (Å²) in [5, 5.41) is 0. The average molecular weight is 221 g/mol. The summed E-state index contributed by atoms with van der Waals surface area (Å²) in [4.78, 5) is 0.375. The summed E-state index contributed by atoms with van der Waals surface area (Å²) in [5.41, 5.74) is 0.992. The minimum atomic E-state index is -0.291. The van der Waals surface area contributed by atoms with Gasteiger partial charge in [-0.3, -0.25) is 0 Å². The van der Waals surface area contributed by atoms with Crippen LogP contribution >= 0.6 is 28.6 Å². The lowest BCUT2D eigenvalue weighted by molar-refractivity contribution is 0.600. The summed E-state index contributed by atoms with van der Waals surface area (Å²) >= 11 is 7.17. The molecule has 0 nitrogen and oxygen atoms in total. The molecule has 10 heavy (non-hydrogen) atoms. The highest BCUT2D eigenvalue weighted by molar-refractivity contribution is 9.10. The Kier molecular flexibility index (Phi) is 2.36. The van der Waals surface area contributed by atoms with Crippen LogP contribution in [0.25, 0.3) is 0 Å². The highest BCUT2D eigenvalue weighted by Gasteiger charge is 2.03. The number of halogens is 2. The van der Waals surface area contributed by atoms with Crippen LogP contribution in [0.4, 0.5) is 4.39 Å². The summed E-state index contributed by atoms with van der Waals surface area (Å²) < 4.78 is 13.4. The first kappa shape index (κ1) is 8.08. The highest BCUT2D eigenvalue weighted by Crippen LogP contribution is 2.26. The zero-order valence-corrected chi connectivity index (χ0v) is 7.84. The molecule has 1 aromatic rings. The molecule has 1 rings (SSSR count). The smallest absolute Gasteiger partial charge is 0.137 e. The molecule has 0 aliphatic heterocycles. The molecular formula is C7H6BrFS. The number of thiol groups is 1. The van der Waals surface area contributed by atoms with E-state index in [1.54, 1.807) is 6.07 Å². The van der Waals surface area contributed by atoms with Crippen molar-refractivity contribution in [2.45, 2.75) is 11.8 Å². The number of rotatable bonds is 0. The molecule has 0 amide bonds. The van der Waals surface area contributed by atoms with Gasteiger partial charge in [0.25, 0.3) is 0 Å². The first-order valence-electron chi connectivity index (χ1n) is 2.76. The minimum absolute atomic E-state index is 0.291. The van der Waals surface area contributed by atoms with E-state index in [2.05, 4.69) is 28.6 Å². The second-order valence-electron chi connectivity index (χ2n) is 2.03. The van der Waals surface area contributed by atoms with Crippen LogP contribution in [0.5, 0.6) is 0 Å². The Morgan fingerprint density at radius 2 is 2.10 bits per heavy atom. The summed E-state index contributed by atoms with van der Waals surface area (Å²) in [7, 11) is 0. The van der Waals surface area contributed by atoms with Gasteiger partial charge in [0.15, 0.2) is 0 Å². The quantitative estimate of drug-likeness (QED) is 0.639. The van der Waals surface area contributed by atoms with Gasteiger partial charge in [-0.1, -0.05) is 6.07 Å². The molecule has 1 aromatic carbocycles. The van der Waals surface area contributed by atoms with Gasteiger partial charge < -0.3 is 0 Å². The predicted octanol–water partition coefficient (Wildman–Crippen LogP) is 3.19. The van der Waals surface area contributed by atoms with Crippen molar-refractivity contribution in [3.63, 3.8) is 0 Å². The molecule has 0 aromatic heterocycles. The van der Waals surface area contributed by atoms with E-state index in [-0.39, 0.29) is 5.82 Å². The topological polar surface area (TPSA) is 0 Å². The molecule has 0 N–H and O–H groups in total. The fourth-order valence-corrected chi connectivity index (χ4v) is 1.21. The summed E-state index contributed by atoms with van der Waals surface area (Å²) in [6, 6.07) is 3.11. The van der Waals surface area contributed by atoms with Crippen LogP contribution in [0.2, 0.25) is 0 Å². The van der Waals surface area contributed by atoms with Crippen molar-refractivity contribution in [2.75, 3.05) is 0 Å². The molecule has 0 atom stereocenters. The second kappa shape index (κ2) is 2.93. The first-order chi connectivity index (χ1) is 4.63. The normalized spacial score (nSPS) is 10.0. The molecular weight excluding hydrogens is 215 g/mol. The maximum Gasteiger partial charge on any atom is 0.137 e. The molecule has 54 valence electrons. The Balaban J connectivity index is 3.34. The molecule has 0 fully saturated rings. The lowest BCUT2D eigenvalue weighted by atomic mass is 10.2. The van der Waals surface area contributed by atoms with Crippen LogP contribution < -0.4 is 0 Å². The fraction of sp³-hybridized carbons (Fsp3) is 0.143. The van der Waals surface area contributed by atoms with E-state index < -0.39 is 0 Å². The van der Waals surface area contributed by atoms with Crippen molar-refractivity contribution < 1.29 is 4.39 Å². The lowest BCUT2D eigenvalue weighted by Gasteiger charge is -2.00. The Bertz CT molecular complexity index is 233. The third-order valence-electron chi connectivity index (χ3n) is 1.26. The van der Waals surface area contributed by atoms with Gasteiger partial charge in [-0.25, -0.2) is 4.39 Å². The van der Waals surface area contributed by atoms with Gasteiger partial charge in [0, 0.05) is 4.47 Å². The largest absolute Gasteiger partial charge is 0.206 e. The summed E-state index contributed by atoms with van der Waals surface area (Å²) in [5.74, 6) is -0.291. The SMILES string of the molecule is Cc1ccc(F)c(S)c1Br. The van der Waals surface area contributed by atoms with Crippen molar-refractivity contribution in [3.8, 4) is 0 Å². The second-order valence-corrected chi connectivity index (χ2v) is 3.27. The molecule has 0 spiro atoms. The first-order valence-corrected chi connectivity index (χ1v) is 4.00. The molecule has 0 heterocycles. The van der Waals surface area contributed by atoms with Gasteiger partial charge in [0.2, 0.25) is 0 Å². The monoisotopic (exact) mass is 220 g/mol. The van der Waals surface area contributed by atoms with Crippen LogP contribution in [0.15, 0.2) is 21.5 Å². The molecule has 0 bridgehead atoms. The number of hydrogen-bond donors (Lipinski definition) is 1. The Morgan fingerprint density at radius 3 is 2.60 bits per heavy atom. The number of benzene rings is 1. The minimum Gasteiger partial charge on any atom is -0.206 e. The maximum absolute atomic E-state index is 12.7. The number of aryl methyl sites for hydroxylation is 1. The molecule has 0 unspecified atom stereocenters. The Hall–Kier alpha value is -0.0200. The van der Waals surface area contributed by atoms with Crippen molar-refractivity contribution in [1.29, 1.82) is 0 Å². The van der Waals surface area contributed by atoms with E-state index in [9.17, 15) is 4.39 Å². The molecule has 0 aliphatic rings. The van der Waals surface area contributed by atoms with Crippen molar-refractivity contribution in [3.05, 3.63) is 28.0 Å². The third kappa shape index (κ3) is 1.35. The standard InChI is InChI=1S/C7H6BrFS/c1-4-2-3-5(9)7(10)6(4)8/h2-3,10H,1H3. The fourth-order valence-electron chi connectivity index (χ4n) is 0.642. The van der Waals surface area contributed by atoms with Crippen LogP contribution in [0, 0.1) is 12.7 Å². The van der Waals surface area contributed by atoms with Gasteiger partial charge in [-0.2, -0.15) is 0 Å². The summed E-state index contributed by atoms with van der Waals surface area (Å²) in [6.07, 6.45) is 0. The molecule has 3 heteroatoms. The Labute approximate surface area is 73.0 Å². The van der Waals surface area contributed by atoms with E-state index in [4.69, 9.17) is 0 Å². The van der Waals surface area contributed by atoms with Crippen LogP contribution in [0.1, 0.15) is 5.56 Å². The molecule has 0 aliphatic carbocycles. The van der Waals surface area contributed by atoms with Crippen LogP contribution in [0.3, 0.4) is 0 Å². The van der Waals surface area contributed by atoms with Gasteiger partial charge in [-0.05, 0) is 34.5 Å². The average Bonchev–Trinajstić information content (AvgIpc) is 1.93. The van der Waals surface area contributed by atoms with E-state index in [0.717, 1.165) is 10.0 Å². The zero-order valence-electron chi connectivity index (χ0n) is 5.36. The summed E-state index contributed by atoms with van der Waals surface area (Å²) in [6.45, 7) is 1.89. The van der Waals surface area contributed by atoms with Crippen LogP contribution in [-0.2, 0) is 0 Å². The molecule has 0 radical (unpaired) electrons. The Morgan fingerprint density at radius 1 is 1.50 bits per heavy atom. The van der Waals surface area contributed by atoms with Crippen molar-refractivity contribution in [2.24, 2.45) is 0 Å². The van der Waals surface area contributed by atoms with Crippen molar-refractivity contribution >= 4 is 28.6 Å². The third-order valence-corrected chi connectivity index (χ3v) is 3.03. The predicted molar refractivity (Wildman–Crippen MR) is 46.1 cm³/mol. The van der Waals surface area contributed by atoms with Gasteiger partial charge in [-0.15, -0.1) is 12.6 Å². The maximum atomic E-state index is 12.7. The van der Waals surface area contributed by atoms with Gasteiger partial charge >= 0.3 is 0 Å². The van der Waals surface area contributed by atoms with Gasteiger partial charge in [0.05, 0.1) is 4.90 Å². The van der Waals surface area contributed by atoms with E-state index >= 15 is 0 Å². The lowest BCUT2D eigenvalue weighted by Crippen LogP contribution is -1.82. The van der Waals surface area contributed by atoms with E-state index in [1.807, 2.05) is 6.92 Å². The van der Waals surface area contributed by atoms with Gasteiger partial charge in [0.1, 0.15) is 5.82 Å². The van der Waals surface area contributed by atoms with Crippen LogP contribution in [-0.4, -0.2) is 0 Å². The molecule has 0 saturated heterocycles. The highest BCUT2D eigenvalue weighted by atomic mass is 79.9. The van der Waals surface area contributed by atoms with E-state index in [0.29, 0.717) is 4.90 Å². The number of hydrogen-bond acceptors (Lipinski definition) is 1.